The Kier molecular flexibility index (Phi) is 3.72. The van der Waals surface area contributed by atoms with Crippen LogP contribution in [-0.2, 0) is 14.9 Å². The van der Waals surface area contributed by atoms with Crippen molar-refractivity contribution in [2.24, 2.45) is 5.73 Å². The second-order valence-electron chi connectivity index (χ2n) is 3.51. The molecule has 1 unspecified atom stereocenters. The average molecular weight is 228 g/mol. The Bertz CT molecular complexity index is 367. The SMILES string of the molecule is COC(=O)C(C)(CN)c1ccccc1Cl. The lowest BCUT2D eigenvalue weighted by Crippen LogP contribution is -2.41. The number of esters is 1. The van der Waals surface area contributed by atoms with Gasteiger partial charge < -0.3 is 10.5 Å². The zero-order valence-corrected chi connectivity index (χ0v) is 9.54. The number of hydrogen-bond donors (Lipinski definition) is 1. The highest BCUT2D eigenvalue weighted by molar-refractivity contribution is 6.31. The molecule has 0 aliphatic carbocycles. The molecule has 0 radical (unpaired) electrons. The third-order valence-corrected chi connectivity index (χ3v) is 2.84. The Labute approximate surface area is 94.2 Å². The molecule has 0 saturated heterocycles. The van der Waals surface area contributed by atoms with Crippen molar-refractivity contribution in [2.75, 3.05) is 13.7 Å². The van der Waals surface area contributed by atoms with Gasteiger partial charge in [0, 0.05) is 11.6 Å². The van der Waals surface area contributed by atoms with Crippen molar-refractivity contribution in [3.05, 3.63) is 34.9 Å². The maximum absolute atomic E-state index is 11.7. The van der Waals surface area contributed by atoms with E-state index >= 15 is 0 Å². The average Bonchev–Trinajstić information content (AvgIpc) is 2.27. The number of carbonyl (C=O) groups is 1. The molecule has 0 aliphatic rings. The van der Waals surface area contributed by atoms with Gasteiger partial charge in [-0.3, -0.25) is 4.79 Å². The predicted molar refractivity (Wildman–Crippen MR) is 59.9 cm³/mol. The van der Waals surface area contributed by atoms with Gasteiger partial charge in [0.05, 0.1) is 7.11 Å². The van der Waals surface area contributed by atoms with E-state index in [1.807, 2.05) is 6.07 Å². The largest absolute Gasteiger partial charge is 0.468 e. The van der Waals surface area contributed by atoms with Crippen LogP contribution in [0, 0.1) is 0 Å². The highest BCUT2D eigenvalue weighted by atomic mass is 35.5. The van der Waals surface area contributed by atoms with Crippen molar-refractivity contribution in [2.45, 2.75) is 12.3 Å². The van der Waals surface area contributed by atoms with Crippen LogP contribution < -0.4 is 5.73 Å². The Morgan fingerprint density at radius 3 is 2.60 bits per heavy atom. The summed E-state index contributed by atoms with van der Waals surface area (Å²) in [7, 11) is 1.34. The molecule has 0 spiro atoms. The zero-order chi connectivity index (χ0) is 11.5. The summed E-state index contributed by atoms with van der Waals surface area (Å²) in [5, 5.41) is 0.524. The maximum atomic E-state index is 11.7. The molecule has 0 fully saturated rings. The third-order valence-electron chi connectivity index (χ3n) is 2.51. The molecule has 0 bridgehead atoms. The van der Waals surface area contributed by atoms with Crippen LogP contribution in [-0.4, -0.2) is 19.6 Å². The number of halogens is 1. The van der Waals surface area contributed by atoms with Crippen LogP contribution in [0.3, 0.4) is 0 Å². The quantitative estimate of drug-likeness (QED) is 0.801. The first-order valence-electron chi connectivity index (χ1n) is 4.59. The molecule has 1 atom stereocenters. The first-order chi connectivity index (χ1) is 7.06. The summed E-state index contributed by atoms with van der Waals surface area (Å²) >= 11 is 6.03. The smallest absolute Gasteiger partial charge is 0.317 e. The normalized spacial score (nSPS) is 14.4. The molecule has 0 aromatic heterocycles. The number of carbonyl (C=O) groups excluding carboxylic acids is 1. The summed E-state index contributed by atoms with van der Waals surface area (Å²) in [5.74, 6) is -0.377. The Morgan fingerprint density at radius 1 is 1.53 bits per heavy atom. The second kappa shape index (κ2) is 4.64. The molecule has 3 nitrogen and oxygen atoms in total. The van der Waals surface area contributed by atoms with E-state index in [1.165, 1.54) is 7.11 Å². The molecule has 1 aromatic carbocycles. The van der Waals surface area contributed by atoms with E-state index in [2.05, 4.69) is 0 Å². The number of rotatable bonds is 3. The van der Waals surface area contributed by atoms with Gasteiger partial charge in [0.2, 0.25) is 0 Å². The lowest BCUT2D eigenvalue weighted by atomic mass is 9.82. The fourth-order valence-electron chi connectivity index (χ4n) is 1.44. The number of methoxy groups -OCH3 is 1. The van der Waals surface area contributed by atoms with Crippen LogP contribution >= 0.6 is 11.6 Å². The first-order valence-corrected chi connectivity index (χ1v) is 4.97. The Balaban J connectivity index is 3.23. The van der Waals surface area contributed by atoms with Crippen LogP contribution in [0.5, 0.6) is 0 Å². The summed E-state index contributed by atoms with van der Waals surface area (Å²) in [5.41, 5.74) is 5.44. The summed E-state index contributed by atoms with van der Waals surface area (Å²) < 4.78 is 4.74. The molecule has 1 aromatic rings. The standard InChI is InChI=1S/C11H14ClNO2/c1-11(7-13,10(14)15-2)8-5-3-4-6-9(8)12/h3-6H,7,13H2,1-2H3. The van der Waals surface area contributed by atoms with Crippen molar-refractivity contribution in [3.63, 3.8) is 0 Å². The summed E-state index contributed by atoms with van der Waals surface area (Å²) in [6, 6.07) is 7.14. The molecular weight excluding hydrogens is 214 g/mol. The molecule has 1 rings (SSSR count). The molecule has 0 aliphatic heterocycles. The van der Waals surface area contributed by atoms with E-state index in [4.69, 9.17) is 22.1 Å². The van der Waals surface area contributed by atoms with Gasteiger partial charge >= 0.3 is 5.97 Å². The van der Waals surface area contributed by atoms with Crippen molar-refractivity contribution < 1.29 is 9.53 Å². The van der Waals surface area contributed by atoms with Crippen molar-refractivity contribution in [1.29, 1.82) is 0 Å². The van der Waals surface area contributed by atoms with E-state index in [1.54, 1.807) is 25.1 Å². The molecule has 0 amide bonds. The third kappa shape index (κ3) is 2.13. The van der Waals surface area contributed by atoms with E-state index in [9.17, 15) is 4.79 Å². The lowest BCUT2D eigenvalue weighted by molar-refractivity contribution is -0.146. The first kappa shape index (κ1) is 12.0. The molecule has 4 heteroatoms. The van der Waals surface area contributed by atoms with Crippen molar-refractivity contribution in [1.82, 2.24) is 0 Å². The molecule has 2 N–H and O–H groups in total. The highest BCUT2D eigenvalue weighted by Crippen LogP contribution is 2.30. The van der Waals surface area contributed by atoms with E-state index in [-0.39, 0.29) is 12.5 Å². The predicted octanol–water partition coefficient (Wildman–Crippen LogP) is 1.73. The van der Waals surface area contributed by atoms with Gasteiger partial charge in [0.25, 0.3) is 0 Å². The molecular formula is C11H14ClNO2. The minimum atomic E-state index is -0.882. The van der Waals surface area contributed by atoms with Crippen molar-refractivity contribution >= 4 is 17.6 Å². The summed E-state index contributed by atoms with van der Waals surface area (Å²) in [6.07, 6.45) is 0. The molecule has 0 saturated carbocycles. The topological polar surface area (TPSA) is 52.3 Å². The van der Waals surface area contributed by atoms with Crippen LogP contribution in [0.4, 0.5) is 0 Å². The Morgan fingerprint density at radius 2 is 2.13 bits per heavy atom. The van der Waals surface area contributed by atoms with E-state index in [0.717, 1.165) is 0 Å². The van der Waals surface area contributed by atoms with Crippen LogP contribution in [0.1, 0.15) is 12.5 Å². The van der Waals surface area contributed by atoms with Crippen LogP contribution in [0.2, 0.25) is 5.02 Å². The van der Waals surface area contributed by atoms with Gasteiger partial charge in [-0.2, -0.15) is 0 Å². The van der Waals surface area contributed by atoms with Gasteiger partial charge in [0.15, 0.2) is 0 Å². The van der Waals surface area contributed by atoms with Gasteiger partial charge in [-0.1, -0.05) is 29.8 Å². The van der Waals surface area contributed by atoms with Crippen LogP contribution in [0.25, 0.3) is 0 Å². The molecule has 15 heavy (non-hydrogen) atoms. The van der Waals surface area contributed by atoms with Crippen molar-refractivity contribution in [3.8, 4) is 0 Å². The van der Waals surface area contributed by atoms with Gasteiger partial charge in [0.1, 0.15) is 5.41 Å². The highest BCUT2D eigenvalue weighted by Gasteiger charge is 2.36. The fourth-order valence-corrected chi connectivity index (χ4v) is 1.78. The van der Waals surface area contributed by atoms with E-state index < -0.39 is 5.41 Å². The second-order valence-corrected chi connectivity index (χ2v) is 3.91. The number of hydrogen-bond acceptors (Lipinski definition) is 3. The monoisotopic (exact) mass is 227 g/mol. The molecule has 0 heterocycles. The summed E-state index contributed by atoms with van der Waals surface area (Å²) in [4.78, 5) is 11.7. The van der Waals surface area contributed by atoms with Gasteiger partial charge in [-0.05, 0) is 18.6 Å². The number of ether oxygens (including phenoxy) is 1. The fraction of sp³-hybridized carbons (Fsp3) is 0.364. The minimum Gasteiger partial charge on any atom is -0.468 e. The number of benzene rings is 1. The molecule has 82 valence electrons. The van der Waals surface area contributed by atoms with E-state index in [0.29, 0.717) is 10.6 Å². The minimum absolute atomic E-state index is 0.156. The Hall–Kier alpha value is -1.06. The van der Waals surface area contributed by atoms with Crippen LogP contribution in [0.15, 0.2) is 24.3 Å². The van der Waals surface area contributed by atoms with Gasteiger partial charge in [-0.25, -0.2) is 0 Å². The number of nitrogens with two attached hydrogens (primary N) is 1. The maximum Gasteiger partial charge on any atom is 0.317 e. The lowest BCUT2D eigenvalue weighted by Gasteiger charge is -2.26. The zero-order valence-electron chi connectivity index (χ0n) is 8.79. The summed E-state index contributed by atoms with van der Waals surface area (Å²) in [6.45, 7) is 1.88. The van der Waals surface area contributed by atoms with Gasteiger partial charge in [-0.15, -0.1) is 0 Å².